The summed E-state index contributed by atoms with van der Waals surface area (Å²) < 4.78 is 17.5. The summed E-state index contributed by atoms with van der Waals surface area (Å²) in [6, 6.07) is 0. The number of methoxy groups -OCH3 is 4. The van der Waals surface area contributed by atoms with Gasteiger partial charge in [-0.2, -0.15) is 0 Å². The molecule has 0 radical (unpaired) electrons. The van der Waals surface area contributed by atoms with E-state index >= 15 is 0 Å². The molecule has 0 rings (SSSR count). The van der Waals surface area contributed by atoms with Crippen LogP contribution < -0.4 is 0 Å². The lowest BCUT2D eigenvalue weighted by Gasteiger charge is -1.76. The van der Waals surface area contributed by atoms with Crippen LogP contribution in [0.5, 0.6) is 0 Å². The first-order valence-electron chi connectivity index (χ1n) is 11.2. The molecule has 0 unspecified atom stereocenters. The molecule has 0 aromatic carbocycles. The Morgan fingerprint density at radius 1 is 0.629 bits per heavy atom. The van der Waals surface area contributed by atoms with E-state index in [0.717, 1.165) is 13.2 Å². The zero-order valence-corrected chi connectivity index (χ0v) is 24.3. The Morgan fingerprint density at radius 3 is 0.800 bits per heavy atom. The van der Waals surface area contributed by atoms with Gasteiger partial charge in [-0.25, -0.2) is 0 Å². The molecule has 222 valence electrons. The number of aldehydes is 1. The highest BCUT2D eigenvalue weighted by atomic mass is 16.6. The van der Waals surface area contributed by atoms with Gasteiger partial charge in [0.25, 0.3) is 0 Å². The lowest BCUT2D eigenvalue weighted by atomic mass is 10.5. The minimum atomic E-state index is -0.745. The Labute approximate surface area is 214 Å². The van der Waals surface area contributed by atoms with Crippen molar-refractivity contribution in [2.75, 3.05) is 68.3 Å². The lowest BCUT2D eigenvalue weighted by molar-refractivity contribution is -0.137. The maximum Gasteiger partial charge on any atom is 0.303 e. The third kappa shape index (κ3) is 554. The third-order valence-electron chi connectivity index (χ3n) is 1.55. The highest BCUT2D eigenvalue weighted by Gasteiger charge is 1.81. The van der Waals surface area contributed by atoms with Gasteiger partial charge in [-0.1, -0.05) is 27.7 Å². The van der Waals surface area contributed by atoms with Crippen molar-refractivity contribution in [3.8, 4) is 0 Å². The quantitative estimate of drug-likeness (QED) is 0.241. The SMILES string of the molecule is CC.CCC(=O)O.CCC(=O)O.CCO.CCO.CCOC.CCOC.COCC=O.COCO. The predicted octanol–water partition coefficient (Wildman–Crippen LogP) is 2.71. The lowest BCUT2D eigenvalue weighted by Crippen LogP contribution is -1.86. The predicted molar refractivity (Wildman–Crippen MR) is 140 cm³/mol. The highest BCUT2D eigenvalue weighted by molar-refractivity contribution is 5.66. The molecule has 35 heavy (non-hydrogen) atoms. The average Bonchev–Trinajstić information content (AvgIpc) is 2.87. The van der Waals surface area contributed by atoms with Crippen molar-refractivity contribution in [2.45, 2.75) is 68.2 Å². The second-order valence-corrected chi connectivity index (χ2v) is 4.32. The zero-order valence-electron chi connectivity index (χ0n) is 24.3. The Bertz CT molecular complexity index is 248. The molecule has 0 spiro atoms. The molecule has 0 bridgehead atoms. The van der Waals surface area contributed by atoms with Crippen molar-refractivity contribution < 1.29 is 58.9 Å². The molecular formula is C23H58O12. The number of ether oxygens (including phenoxy) is 4. The standard InChI is InChI=1S/3C3H6O2.2C3H8O.C2H6O2.2C2H6O.C2H6/c1-5-3-2-4;2*1-2-3(4)5;2*1-3-4-2;1-4-2-3;2*1-2-3;1-2/h2H,3H2,1H3;2*2H2,1H3,(H,4,5);2*3H2,1-2H3;3H,2H2,1H3;2*3H,2H2,1H3;1-2H3. The van der Waals surface area contributed by atoms with Crippen LogP contribution in [0, 0.1) is 0 Å². The normalized spacial score (nSPS) is 6.94. The maximum absolute atomic E-state index is 9.37. The number of carbonyl (C=O) groups excluding carboxylic acids is 1. The molecule has 0 saturated carbocycles. The minimum absolute atomic E-state index is 0.181. The molecular weight excluding hydrogens is 468 g/mol. The summed E-state index contributed by atoms with van der Waals surface area (Å²) >= 11 is 0. The van der Waals surface area contributed by atoms with Crippen LogP contribution in [-0.4, -0.2) is 112 Å². The van der Waals surface area contributed by atoms with Crippen LogP contribution in [0.15, 0.2) is 0 Å². The molecule has 0 amide bonds. The van der Waals surface area contributed by atoms with Crippen LogP contribution in [0.25, 0.3) is 0 Å². The summed E-state index contributed by atoms with van der Waals surface area (Å²) in [5.41, 5.74) is 0. The second kappa shape index (κ2) is 106. The molecule has 0 saturated heterocycles. The van der Waals surface area contributed by atoms with Crippen molar-refractivity contribution in [1.82, 2.24) is 0 Å². The first-order valence-corrected chi connectivity index (χ1v) is 11.2. The highest BCUT2D eigenvalue weighted by Crippen LogP contribution is 1.67. The van der Waals surface area contributed by atoms with E-state index in [1.807, 2.05) is 27.7 Å². The molecule has 0 aliphatic rings. The average molecular weight is 527 g/mol. The third-order valence-corrected chi connectivity index (χ3v) is 1.55. The molecule has 12 heteroatoms. The van der Waals surface area contributed by atoms with Crippen LogP contribution in [-0.2, 0) is 33.3 Å². The summed E-state index contributed by atoms with van der Waals surface area (Å²) in [5, 5.41) is 38.2. The van der Waals surface area contributed by atoms with Crippen LogP contribution in [0.2, 0.25) is 0 Å². The second-order valence-electron chi connectivity index (χ2n) is 4.32. The van der Waals surface area contributed by atoms with E-state index in [1.165, 1.54) is 14.2 Å². The number of hydrogen-bond acceptors (Lipinski definition) is 10. The van der Waals surface area contributed by atoms with Gasteiger partial charge in [0.1, 0.15) is 19.7 Å². The van der Waals surface area contributed by atoms with Gasteiger partial charge in [0.15, 0.2) is 0 Å². The summed E-state index contributed by atoms with van der Waals surface area (Å²) in [6.45, 7) is 16.6. The number of aliphatic hydroxyl groups excluding tert-OH is 3. The maximum atomic E-state index is 9.37. The van der Waals surface area contributed by atoms with Crippen LogP contribution >= 0.6 is 0 Å². The molecule has 12 nitrogen and oxygen atoms in total. The molecule has 0 atom stereocenters. The number of rotatable bonds is 7. The number of aliphatic carboxylic acids is 2. The number of carboxylic acids is 2. The van der Waals surface area contributed by atoms with Gasteiger partial charge in [0.2, 0.25) is 0 Å². The fourth-order valence-corrected chi connectivity index (χ4v) is 0.0680. The molecule has 0 aliphatic carbocycles. The van der Waals surface area contributed by atoms with E-state index in [-0.39, 0.29) is 39.5 Å². The van der Waals surface area contributed by atoms with Gasteiger partial charge in [0.05, 0.1) is 0 Å². The van der Waals surface area contributed by atoms with Crippen molar-refractivity contribution in [3.05, 3.63) is 0 Å². The number of carboxylic acid groups (broad SMARTS) is 2. The van der Waals surface area contributed by atoms with Gasteiger partial charge in [-0.15, -0.1) is 0 Å². The topological polar surface area (TPSA) is 189 Å². The number of hydrogen-bond donors (Lipinski definition) is 5. The smallest absolute Gasteiger partial charge is 0.303 e. The van der Waals surface area contributed by atoms with E-state index in [2.05, 4.69) is 18.9 Å². The van der Waals surface area contributed by atoms with Crippen molar-refractivity contribution >= 4 is 18.2 Å². The summed E-state index contributed by atoms with van der Waals surface area (Å²) in [6.07, 6.45) is 1.15. The van der Waals surface area contributed by atoms with Crippen molar-refractivity contribution in [1.29, 1.82) is 0 Å². The zero-order chi connectivity index (χ0) is 30.3. The molecule has 0 aromatic heterocycles. The van der Waals surface area contributed by atoms with E-state index in [1.54, 1.807) is 41.9 Å². The van der Waals surface area contributed by atoms with Crippen LogP contribution in [0.1, 0.15) is 68.2 Å². The monoisotopic (exact) mass is 526 g/mol. The van der Waals surface area contributed by atoms with Gasteiger partial charge in [-0.3, -0.25) is 9.59 Å². The Morgan fingerprint density at radius 2 is 0.800 bits per heavy atom. The van der Waals surface area contributed by atoms with Gasteiger partial charge < -0.3 is 49.3 Å². The Kier molecular flexibility index (Phi) is 178. The molecule has 0 fully saturated rings. The first kappa shape index (κ1) is 58.9. The van der Waals surface area contributed by atoms with Crippen LogP contribution in [0.3, 0.4) is 0 Å². The Balaban J connectivity index is -0.0000000314. The summed E-state index contributed by atoms with van der Waals surface area (Å²) in [7, 11) is 6.27. The van der Waals surface area contributed by atoms with Crippen molar-refractivity contribution in [2.24, 2.45) is 0 Å². The Hall–Kier alpha value is -1.67. The molecule has 0 heterocycles. The van der Waals surface area contributed by atoms with Gasteiger partial charge >= 0.3 is 11.9 Å². The molecule has 0 aliphatic heterocycles. The van der Waals surface area contributed by atoms with E-state index in [4.69, 9.17) is 25.5 Å². The molecule has 0 aromatic rings. The van der Waals surface area contributed by atoms with Gasteiger partial charge in [-0.05, 0) is 27.7 Å². The van der Waals surface area contributed by atoms with Crippen molar-refractivity contribution in [3.63, 3.8) is 0 Å². The van der Waals surface area contributed by atoms with Gasteiger partial charge in [0, 0.05) is 67.7 Å². The van der Waals surface area contributed by atoms with E-state index < -0.39 is 11.9 Å². The first-order chi connectivity index (χ1) is 16.5. The summed E-state index contributed by atoms with van der Waals surface area (Å²) in [5.74, 6) is -1.49. The fraction of sp³-hybridized carbons (Fsp3) is 0.870. The summed E-state index contributed by atoms with van der Waals surface area (Å²) in [4.78, 5) is 28.0. The minimum Gasteiger partial charge on any atom is -0.481 e. The number of carbonyl (C=O) groups is 3. The largest absolute Gasteiger partial charge is 0.481 e. The molecule has 5 N–H and O–H groups in total. The van der Waals surface area contributed by atoms with E-state index in [9.17, 15) is 14.4 Å². The van der Waals surface area contributed by atoms with Crippen LogP contribution in [0.4, 0.5) is 0 Å². The fourth-order valence-electron chi connectivity index (χ4n) is 0.0680. The number of aliphatic hydroxyl groups is 3. The van der Waals surface area contributed by atoms with E-state index in [0.29, 0.717) is 6.29 Å².